The van der Waals surface area contributed by atoms with Crippen LogP contribution in [0.15, 0.2) is 47.4 Å². The molecule has 1 aliphatic heterocycles. The number of aryl methyl sites for hydroxylation is 1. The monoisotopic (exact) mass is 434 g/mol. The summed E-state index contributed by atoms with van der Waals surface area (Å²) in [6.07, 6.45) is 0.703. The molecule has 0 aromatic heterocycles. The molecule has 1 fully saturated rings. The molecule has 2 aromatic rings. The van der Waals surface area contributed by atoms with Crippen molar-refractivity contribution in [3.63, 3.8) is 0 Å². The number of nitro benzene ring substituents is 2. The van der Waals surface area contributed by atoms with E-state index in [0.29, 0.717) is 44.7 Å². The SMILES string of the molecule is Cc1ccc([N+](=O)[O-])cc1S(=O)(=O)N1CCN(CCc2ccc([N+](=O)[O-])cc2)CC1. The fourth-order valence-electron chi connectivity index (χ4n) is 3.38. The van der Waals surface area contributed by atoms with Crippen molar-refractivity contribution in [3.05, 3.63) is 73.8 Å². The maximum absolute atomic E-state index is 13.0. The van der Waals surface area contributed by atoms with Gasteiger partial charge in [-0.3, -0.25) is 20.2 Å². The fourth-order valence-corrected chi connectivity index (χ4v) is 5.05. The highest BCUT2D eigenvalue weighted by molar-refractivity contribution is 7.89. The van der Waals surface area contributed by atoms with Crippen molar-refractivity contribution < 1.29 is 18.3 Å². The topological polar surface area (TPSA) is 127 Å². The molecule has 0 spiro atoms. The largest absolute Gasteiger partial charge is 0.300 e. The van der Waals surface area contributed by atoms with Crippen molar-refractivity contribution in [1.82, 2.24) is 9.21 Å². The smallest absolute Gasteiger partial charge is 0.270 e. The van der Waals surface area contributed by atoms with E-state index in [0.717, 1.165) is 11.6 Å². The van der Waals surface area contributed by atoms with Crippen molar-refractivity contribution >= 4 is 21.4 Å². The Morgan fingerprint density at radius 2 is 1.47 bits per heavy atom. The highest BCUT2D eigenvalue weighted by atomic mass is 32.2. The average Bonchev–Trinajstić information content (AvgIpc) is 2.73. The van der Waals surface area contributed by atoms with Gasteiger partial charge in [-0.1, -0.05) is 18.2 Å². The molecule has 10 nitrogen and oxygen atoms in total. The first kappa shape index (κ1) is 21.8. The molecular weight excluding hydrogens is 412 g/mol. The number of hydrogen-bond acceptors (Lipinski definition) is 7. The number of non-ortho nitro benzene ring substituents is 2. The number of benzene rings is 2. The van der Waals surface area contributed by atoms with Crippen LogP contribution in [0.5, 0.6) is 0 Å². The molecule has 3 rings (SSSR count). The Morgan fingerprint density at radius 3 is 2.03 bits per heavy atom. The van der Waals surface area contributed by atoms with Crippen molar-refractivity contribution in [2.45, 2.75) is 18.2 Å². The van der Waals surface area contributed by atoms with Gasteiger partial charge in [-0.15, -0.1) is 0 Å². The molecule has 2 aromatic carbocycles. The van der Waals surface area contributed by atoms with Gasteiger partial charge in [0.2, 0.25) is 10.0 Å². The number of nitro groups is 2. The van der Waals surface area contributed by atoms with Crippen LogP contribution in [-0.4, -0.2) is 60.2 Å². The lowest BCUT2D eigenvalue weighted by Crippen LogP contribution is -2.49. The van der Waals surface area contributed by atoms with E-state index in [2.05, 4.69) is 4.90 Å². The summed E-state index contributed by atoms with van der Waals surface area (Å²) in [7, 11) is -3.81. The van der Waals surface area contributed by atoms with E-state index >= 15 is 0 Å². The lowest BCUT2D eigenvalue weighted by atomic mass is 10.1. The summed E-state index contributed by atoms with van der Waals surface area (Å²) >= 11 is 0. The van der Waals surface area contributed by atoms with E-state index in [1.54, 1.807) is 19.1 Å². The number of sulfonamides is 1. The summed E-state index contributed by atoms with van der Waals surface area (Å²) in [6, 6.07) is 10.3. The summed E-state index contributed by atoms with van der Waals surface area (Å²) in [5.74, 6) is 0. The van der Waals surface area contributed by atoms with Crippen molar-refractivity contribution in [2.24, 2.45) is 0 Å². The molecule has 0 unspecified atom stereocenters. The first-order valence-electron chi connectivity index (χ1n) is 9.39. The van der Waals surface area contributed by atoms with Crippen molar-refractivity contribution in [1.29, 1.82) is 0 Å². The third-order valence-electron chi connectivity index (χ3n) is 5.20. The number of nitrogens with zero attached hydrogens (tertiary/aromatic N) is 4. The quantitative estimate of drug-likeness (QED) is 0.483. The normalized spacial score (nSPS) is 15.8. The third-order valence-corrected chi connectivity index (χ3v) is 7.24. The summed E-state index contributed by atoms with van der Waals surface area (Å²) in [4.78, 5) is 22.8. The standard InChI is InChI=1S/C19H22N4O6S/c1-15-2-5-18(23(26)27)14-19(15)30(28,29)21-12-10-20(11-13-21)9-8-16-3-6-17(7-4-16)22(24)25/h2-7,14H,8-13H2,1H3. The van der Waals surface area contributed by atoms with Crippen LogP contribution in [0.4, 0.5) is 11.4 Å². The van der Waals surface area contributed by atoms with Gasteiger partial charge in [-0.2, -0.15) is 4.31 Å². The molecule has 0 amide bonds. The lowest BCUT2D eigenvalue weighted by molar-refractivity contribution is -0.385. The molecule has 1 aliphatic rings. The maximum Gasteiger partial charge on any atom is 0.270 e. The Morgan fingerprint density at radius 1 is 0.900 bits per heavy atom. The number of rotatable bonds is 7. The van der Waals surface area contributed by atoms with E-state index in [9.17, 15) is 28.6 Å². The number of piperazine rings is 1. The van der Waals surface area contributed by atoms with Gasteiger partial charge in [0.25, 0.3) is 11.4 Å². The predicted molar refractivity (Wildman–Crippen MR) is 110 cm³/mol. The zero-order valence-corrected chi connectivity index (χ0v) is 17.2. The molecule has 0 bridgehead atoms. The van der Waals surface area contributed by atoms with Gasteiger partial charge in [0.05, 0.1) is 14.7 Å². The van der Waals surface area contributed by atoms with Gasteiger partial charge in [0, 0.05) is 57.0 Å². The molecule has 1 heterocycles. The summed E-state index contributed by atoms with van der Waals surface area (Å²) in [6.45, 7) is 4.01. The molecule has 0 radical (unpaired) electrons. The first-order valence-corrected chi connectivity index (χ1v) is 10.8. The van der Waals surface area contributed by atoms with Gasteiger partial charge in [-0.05, 0) is 24.5 Å². The Balaban J connectivity index is 1.60. The molecule has 30 heavy (non-hydrogen) atoms. The molecule has 0 saturated carbocycles. The zero-order chi connectivity index (χ0) is 21.9. The van der Waals surface area contributed by atoms with Crippen LogP contribution in [0, 0.1) is 27.2 Å². The summed E-state index contributed by atoms with van der Waals surface area (Å²) in [5, 5.41) is 21.7. The minimum Gasteiger partial charge on any atom is -0.300 e. The molecule has 0 aliphatic carbocycles. The lowest BCUT2D eigenvalue weighted by Gasteiger charge is -2.34. The Bertz CT molecular complexity index is 1050. The second kappa shape index (κ2) is 8.86. The Labute approximate surface area is 174 Å². The Hall–Kier alpha value is -2.89. The van der Waals surface area contributed by atoms with Gasteiger partial charge >= 0.3 is 0 Å². The highest BCUT2D eigenvalue weighted by Crippen LogP contribution is 2.25. The van der Waals surface area contributed by atoms with E-state index in [-0.39, 0.29) is 16.3 Å². The van der Waals surface area contributed by atoms with E-state index in [4.69, 9.17) is 0 Å². The molecule has 11 heteroatoms. The molecule has 0 N–H and O–H groups in total. The van der Waals surface area contributed by atoms with Gasteiger partial charge in [-0.25, -0.2) is 8.42 Å². The molecule has 1 saturated heterocycles. The van der Waals surface area contributed by atoms with Crippen molar-refractivity contribution in [3.8, 4) is 0 Å². The predicted octanol–water partition coefficient (Wildman–Crippen LogP) is 2.36. The second-order valence-corrected chi connectivity index (χ2v) is 9.03. The molecular formula is C19H22N4O6S. The maximum atomic E-state index is 13.0. The van der Waals surface area contributed by atoms with Gasteiger partial charge in [0.15, 0.2) is 0 Å². The second-order valence-electron chi connectivity index (χ2n) is 7.13. The van der Waals surface area contributed by atoms with Crippen LogP contribution < -0.4 is 0 Å². The minimum atomic E-state index is -3.81. The Kier molecular flexibility index (Phi) is 6.44. The minimum absolute atomic E-state index is 0.0315. The summed E-state index contributed by atoms with van der Waals surface area (Å²) < 4.78 is 27.3. The summed E-state index contributed by atoms with van der Waals surface area (Å²) in [5.41, 5.74) is 1.25. The molecule has 160 valence electrons. The average molecular weight is 434 g/mol. The molecule has 0 atom stereocenters. The van der Waals surface area contributed by atoms with E-state index < -0.39 is 19.9 Å². The van der Waals surface area contributed by atoms with E-state index in [1.165, 1.54) is 28.6 Å². The fraction of sp³-hybridized carbons (Fsp3) is 0.368. The van der Waals surface area contributed by atoms with Gasteiger partial charge < -0.3 is 4.90 Å². The van der Waals surface area contributed by atoms with Crippen LogP contribution in [0.25, 0.3) is 0 Å². The highest BCUT2D eigenvalue weighted by Gasteiger charge is 2.30. The third kappa shape index (κ3) is 4.81. The van der Waals surface area contributed by atoms with Gasteiger partial charge in [0.1, 0.15) is 0 Å². The van der Waals surface area contributed by atoms with Crippen LogP contribution in [0.3, 0.4) is 0 Å². The van der Waals surface area contributed by atoms with Crippen LogP contribution in [-0.2, 0) is 16.4 Å². The van der Waals surface area contributed by atoms with Crippen LogP contribution in [0.1, 0.15) is 11.1 Å². The van der Waals surface area contributed by atoms with Crippen LogP contribution in [0.2, 0.25) is 0 Å². The zero-order valence-electron chi connectivity index (χ0n) is 16.4. The number of hydrogen-bond donors (Lipinski definition) is 0. The van der Waals surface area contributed by atoms with Crippen molar-refractivity contribution in [2.75, 3.05) is 32.7 Å². The van der Waals surface area contributed by atoms with E-state index in [1.807, 2.05) is 0 Å². The first-order chi connectivity index (χ1) is 14.2. The van der Waals surface area contributed by atoms with Crippen LogP contribution >= 0.6 is 0 Å².